The lowest BCUT2D eigenvalue weighted by atomic mass is 10.1. The number of nitrogens with zero attached hydrogens (tertiary/aromatic N) is 2. The van der Waals surface area contributed by atoms with Crippen LogP contribution in [-0.2, 0) is 6.61 Å². The van der Waals surface area contributed by atoms with Gasteiger partial charge in [0.05, 0.1) is 17.7 Å². The number of nitrogens with one attached hydrogen (secondary N) is 1. The number of benzene rings is 1. The first-order chi connectivity index (χ1) is 11.9. The van der Waals surface area contributed by atoms with Crippen molar-refractivity contribution >= 4 is 28.3 Å². The van der Waals surface area contributed by atoms with Crippen molar-refractivity contribution < 1.29 is 18.7 Å². The van der Waals surface area contributed by atoms with Crippen LogP contribution < -0.4 is 5.32 Å². The largest absolute Gasteiger partial charge is 0.448 e. The van der Waals surface area contributed by atoms with Gasteiger partial charge in [-0.3, -0.25) is 9.78 Å². The molecule has 0 saturated heterocycles. The van der Waals surface area contributed by atoms with E-state index in [1.807, 2.05) is 0 Å². The molecule has 2 aromatic heterocycles. The fourth-order valence-corrected chi connectivity index (χ4v) is 2.51. The summed E-state index contributed by atoms with van der Waals surface area (Å²) in [5.41, 5.74) is 2.11. The number of hydrogen-bond donors (Lipinski definition) is 2. The highest BCUT2D eigenvalue weighted by atomic mass is 19.1. The zero-order chi connectivity index (χ0) is 18.1. The number of halogens is 1. The second kappa shape index (κ2) is 6.52. The highest BCUT2D eigenvalue weighted by Gasteiger charge is 2.24. The van der Waals surface area contributed by atoms with Crippen LogP contribution in [0.2, 0.25) is 0 Å². The minimum absolute atomic E-state index is 0.0303. The van der Waals surface area contributed by atoms with Gasteiger partial charge in [-0.05, 0) is 24.6 Å². The van der Waals surface area contributed by atoms with Crippen LogP contribution in [0.4, 0.5) is 15.8 Å². The first-order valence-corrected chi connectivity index (χ1v) is 7.67. The first kappa shape index (κ1) is 16.9. The molecule has 0 aliphatic carbocycles. The average Bonchev–Trinajstić information content (AvgIpc) is 2.95. The maximum Gasteiger partial charge on any atom is 0.291 e. The molecule has 2 heterocycles. The Kier molecular flexibility index (Phi) is 4.41. The number of rotatable bonds is 4. The first-order valence-electron chi connectivity index (χ1n) is 7.67. The van der Waals surface area contributed by atoms with E-state index >= 15 is 0 Å². The van der Waals surface area contributed by atoms with Gasteiger partial charge in [0, 0.05) is 32.1 Å². The number of aliphatic hydroxyl groups is 1. The summed E-state index contributed by atoms with van der Waals surface area (Å²) in [6, 6.07) is 4.75. The molecule has 0 saturated carbocycles. The van der Waals surface area contributed by atoms with E-state index in [9.17, 15) is 14.3 Å². The molecule has 1 amide bonds. The maximum absolute atomic E-state index is 14.2. The van der Waals surface area contributed by atoms with Gasteiger partial charge in [-0.15, -0.1) is 0 Å². The number of aromatic nitrogens is 1. The number of aryl methyl sites for hydroxylation is 1. The summed E-state index contributed by atoms with van der Waals surface area (Å²) in [6.45, 7) is 1.50. The summed E-state index contributed by atoms with van der Waals surface area (Å²) in [5.74, 6) is -0.790. The van der Waals surface area contributed by atoms with Crippen molar-refractivity contribution in [2.75, 3.05) is 19.4 Å². The van der Waals surface area contributed by atoms with E-state index in [-0.39, 0.29) is 24.0 Å². The van der Waals surface area contributed by atoms with Crippen LogP contribution in [0.5, 0.6) is 0 Å². The molecule has 25 heavy (non-hydrogen) atoms. The van der Waals surface area contributed by atoms with Crippen LogP contribution in [0.25, 0.3) is 11.0 Å². The summed E-state index contributed by atoms with van der Waals surface area (Å²) in [6.07, 6.45) is 2.98. The second-order valence-electron chi connectivity index (χ2n) is 5.95. The number of amides is 1. The quantitative estimate of drug-likeness (QED) is 0.760. The van der Waals surface area contributed by atoms with Gasteiger partial charge < -0.3 is 19.7 Å². The van der Waals surface area contributed by atoms with Gasteiger partial charge >= 0.3 is 0 Å². The van der Waals surface area contributed by atoms with Gasteiger partial charge in [-0.1, -0.05) is 6.07 Å². The van der Waals surface area contributed by atoms with Crippen LogP contribution in [0.15, 0.2) is 35.0 Å². The van der Waals surface area contributed by atoms with Crippen molar-refractivity contribution in [3.63, 3.8) is 0 Å². The third-order valence-corrected chi connectivity index (χ3v) is 3.83. The molecule has 0 aliphatic heterocycles. The van der Waals surface area contributed by atoms with E-state index in [1.54, 1.807) is 33.2 Å². The molecular weight excluding hydrogens is 325 g/mol. The van der Waals surface area contributed by atoms with Crippen LogP contribution in [0, 0.1) is 12.7 Å². The van der Waals surface area contributed by atoms with E-state index < -0.39 is 5.82 Å². The molecule has 0 fully saturated rings. The number of aliphatic hydroxyl groups excluding tert-OH is 1. The van der Waals surface area contributed by atoms with E-state index in [2.05, 4.69) is 10.3 Å². The molecular formula is C18H18FN3O3. The van der Waals surface area contributed by atoms with Gasteiger partial charge in [-0.2, -0.15) is 0 Å². The molecule has 0 atom stereocenters. The van der Waals surface area contributed by atoms with E-state index in [4.69, 9.17) is 4.42 Å². The topological polar surface area (TPSA) is 78.6 Å². The van der Waals surface area contributed by atoms with Crippen molar-refractivity contribution in [3.05, 3.63) is 53.3 Å². The smallest absolute Gasteiger partial charge is 0.291 e. The monoisotopic (exact) mass is 343 g/mol. The molecule has 130 valence electrons. The number of pyridine rings is 1. The van der Waals surface area contributed by atoms with Gasteiger partial charge in [0.15, 0.2) is 0 Å². The lowest BCUT2D eigenvalue weighted by molar-refractivity contribution is 0.0800. The fourth-order valence-electron chi connectivity index (χ4n) is 2.51. The number of carbonyl (C=O) groups is 1. The van der Waals surface area contributed by atoms with Crippen molar-refractivity contribution in [1.29, 1.82) is 0 Å². The highest BCUT2D eigenvalue weighted by molar-refractivity contribution is 6.07. The summed E-state index contributed by atoms with van der Waals surface area (Å²) in [4.78, 5) is 17.9. The Labute approximate surface area is 143 Å². The standard InChI is InChI=1S/C18H18FN3O3/c1-10-4-5-14(13(19)6-10)21-15-12-8-20-7-11(9-23)16(12)25-17(15)18(24)22(2)3/h4-8,21,23H,9H2,1-3H3. The average molecular weight is 343 g/mol. The van der Waals surface area contributed by atoms with Gasteiger partial charge in [-0.25, -0.2) is 4.39 Å². The van der Waals surface area contributed by atoms with E-state index in [0.717, 1.165) is 5.56 Å². The third-order valence-electron chi connectivity index (χ3n) is 3.83. The molecule has 7 heteroatoms. The number of anilines is 2. The Hall–Kier alpha value is -2.93. The minimum atomic E-state index is -0.441. The Morgan fingerprint density at radius 2 is 2.12 bits per heavy atom. The minimum Gasteiger partial charge on any atom is -0.448 e. The van der Waals surface area contributed by atoms with Crippen molar-refractivity contribution in [3.8, 4) is 0 Å². The Balaban J connectivity index is 2.20. The van der Waals surface area contributed by atoms with Crippen LogP contribution in [-0.4, -0.2) is 35.0 Å². The Bertz CT molecular complexity index is 950. The lowest BCUT2D eigenvalue weighted by Gasteiger charge is -2.11. The molecule has 0 aliphatic rings. The van der Waals surface area contributed by atoms with Gasteiger partial charge in [0.2, 0.25) is 5.76 Å². The predicted molar refractivity (Wildman–Crippen MR) is 92.4 cm³/mol. The Morgan fingerprint density at radius 3 is 2.76 bits per heavy atom. The number of fused-ring (bicyclic) bond motifs is 1. The molecule has 3 aromatic rings. The molecule has 0 spiro atoms. The normalized spacial score (nSPS) is 10.9. The van der Waals surface area contributed by atoms with Crippen LogP contribution in [0.3, 0.4) is 0 Å². The zero-order valence-corrected chi connectivity index (χ0v) is 14.1. The lowest BCUT2D eigenvalue weighted by Crippen LogP contribution is -2.22. The Morgan fingerprint density at radius 1 is 1.36 bits per heavy atom. The van der Waals surface area contributed by atoms with Crippen molar-refractivity contribution in [1.82, 2.24) is 9.88 Å². The molecule has 1 aromatic carbocycles. The molecule has 2 N–H and O–H groups in total. The second-order valence-corrected chi connectivity index (χ2v) is 5.95. The van der Waals surface area contributed by atoms with Gasteiger partial charge in [0.25, 0.3) is 5.91 Å². The van der Waals surface area contributed by atoms with Gasteiger partial charge in [0.1, 0.15) is 17.1 Å². The fraction of sp³-hybridized carbons (Fsp3) is 0.222. The molecule has 0 radical (unpaired) electrons. The number of furan rings is 1. The molecule has 0 bridgehead atoms. The number of carbonyl (C=O) groups excluding carboxylic acids is 1. The predicted octanol–water partition coefficient (Wildman–Crippen LogP) is 3.21. The molecule has 0 unspecified atom stereocenters. The van der Waals surface area contributed by atoms with Crippen LogP contribution in [0.1, 0.15) is 21.7 Å². The third kappa shape index (κ3) is 3.06. The van der Waals surface area contributed by atoms with Crippen molar-refractivity contribution in [2.24, 2.45) is 0 Å². The summed E-state index contributed by atoms with van der Waals surface area (Å²) in [7, 11) is 3.19. The summed E-state index contributed by atoms with van der Waals surface area (Å²) >= 11 is 0. The SMILES string of the molecule is Cc1ccc(Nc2c(C(=O)N(C)C)oc3c(CO)cncc23)c(F)c1. The van der Waals surface area contributed by atoms with Crippen molar-refractivity contribution in [2.45, 2.75) is 13.5 Å². The maximum atomic E-state index is 14.2. The summed E-state index contributed by atoms with van der Waals surface area (Å²) in [5, 5.41) is 12.9. The summed E-state index contributed by atoms with van der Waals surface area (Å²) < 4.78 is 19.9. The molecule has 6 nitrogen and oxygen atoms in total. The molecule has 3 rings (SSSR count). The van der Waals surface area contributed by atoms with E-state index in [0.29, 0.717) is 22.2 Å². The van der Waals surface area contributed by atoms with E-state index in [1.165, 1.54) is 23.4 Å². The zero-order valence-electron chi connectivity index (χ0n) is 14.1. The van der Waals surface area contributed by atoms with Crippen LogP contribution >= 0.6 is 0 Å². The highest BCUT2D eigenvalue weighted by Crippen LogP contribution is 2.35. The number of hydrogen-bond acceptors (Lipinski definition) is 5.